The zero-order valence-corrected chi connectivity index (χ0v) is 24.1. The first kappa shape index (κ1) is 27.6. The van der Waals surface area contributed by atoms with Crippen LogP contribution in [0.2, 0.25) is 0 Å². The highest BCUT2D eigenvalue weighted by Gasteiger charge is 2.25. The lowest BCUT2D eigenvalue weighted by Crippen LogP contribution is -2.35. The molecule has 10 nitrogen and oxygen atoms in total. The number of hydrogen-bond donors (Lipinski definition) is 2. The number of likely N-dealkylation sites (tertiary alicyclic amines) is 1. The van der Waals surface area contributed by atoms with E-state index >= 15 is 0 Å². The van der Waals surface area contributed by atoms with Gasteiger partial charge in [-0.05, 0) is 64.4 Å². The van der Waals surface area contributed by atoms with E-state index in [1.165, 1.54) is 16.9 Å². The fourth-order valence-corrected chi connectivity index (χ4v) is 6.62. The number of carbonyl (C=O) groups is 1. The molecule has 5 rings (SSSR count). The Morgan fingerprint density at radius 3 is 2.69 bits per heavy atom. The summed E-state index contributed by atoms with van der Waals surface area (Å²) in [6, 6.07) is 12.4. The Balaban J connectivity index is 1.00. The van der Waals surface area contributed by atoms with Gasteiger partial charge in [0.15, 0.2) is 5.82 Å². The molecule has 4 heterocycles. The highest BCUT2D eigenvalue weighted by molar-refractivity contribution is 8.00. The van der Waals surface area contributed by atoms with Gasteiger partial charge in [-0.25, -0.2) is 0 Å². The van der Waals surface area contributed by atoms with Crippen LogP contribution in [0.5, 0.6) is 5.75 Å². The molecule has 2 saturated heterocycles. The molecular weight excluding hydrogens is 532 g/mol. The molecule has 0 bridgehead atoms. The Hall–Kier alpha value is -2.96. The molecule has 0 aliphatic carbocycles. The predicted molar refractivity (Wildman–Crippen MR) is 158 cm³/mol. The van der Waals surface area contributed by atoms with E-state index in [0.717, 1.165) is 68.7 Å². The van der Waals surface area contributed by atoms with E-state index in [0.29, 0.717) is 16.1 Å². The second-order valence-corrected chi connectivity index (χ2v) is 12.4. The first-order valence-electron chi connectivity index (χ1n) is 13.5. The molecule has 1 aromatic carbocycles. The first-order chi connectivity index (χ1) is 19.0. The van der Waals surface area contributed by atoms with Gasteiger partial charge < -0.3 is 15.0 Å². The Labute approximate surface area is 237 Å². The van der Waals surface area contributed by atoms with E-state index in [1.54, 1.807) is 18.0 Å². The molecule has 0 saturated carbocycles. The van der Waals surface area contributed by atoms with E-state index < -0.39 is 0 Å². The summed E-state index contributed by atoms with van der Waals surface area (Å²) in [6.45, 7) is 8.80. The number of anilines is 3. The highest BCUT2D eigenvalue weighted by atomic mass is 32.2. The van der Waals surface area contributed by atoms with Gasteiger partial charge in [0.2, 0.25) is 16.2 Å². The predicted octanol–water partition coefficient (Wildman–Crippen LogP) is 4.14. The summed E-state index contributed by atoms with van der Waals surface area (Å²) >= 11 is 3.11. The zero-order chi connectivity index (χ0) is 27.0. The number of ether oxygens (including phenoxy) is 1. The third-order valence-corrected chi connectivity index (χ3v) is 8.92. The number of aromatic nitrogens is 4. The molecule has 2 aliphatic rings. The van der Waals surface area contributed by atoms with Crippen LogP contribution in [0.4, 0.5) is 16.1 Å². The van der Waals surface area contributed by atoms with Crippen molar-refractivity contribution in [3.63, 3.8) is 0 Å². The second-order valence-electron chi connectivity index (χ2n) is 10.2. The largest absolute Gasteiger partial charge is 0.491 e. The topological polar surface area (TPSA) is 108 Å². The summed E-state index contributed by atoms with van der Waals surface area (Å²) in [5.41, 5.74) is 1.23. The number of nitrogens with one attached hydrogen (secondary N) is 2. The van der Waals surface area contributed by atoms with Crippen molar-refractivity contribution in [3.05, 3.63) is 48.2 Å². The fourth-order valence-electron chi connectivity index (χ4n) is 4.88. The van der Waals surface area contributed by atoms with Gasteiger partial charge in [-0.1, -0.05) is 29.5 Å². The molecule has 2 aliphatic heterocycles. The minimum atomic E-state index is -0.0282. The smallest absolute Gasteiger partial charge is 0.236 e. The number of para-hydroxylation sites is 1. The lowest BCUT2D eigenvalue weighted by molar-refractivity contribution is -0.113. The van der Waals surface area contributed by atoms with Crippen molar-refractivity contribution < 1.29 is 9.53 Å². The second kappa shape index (κ2) is 13.4. The summed E-state index contributed by atoms with van der Waals surface area (Å²) in [7, 11) is 0. The molecule has 208 valence electrons. The van der Waals surface area contributed by atoms with Crippen molar-refractivity contribution in [1.82, 2.24) is 25.3 Å². The van der Waals surface area contributed by atoms with Crippen LogP contribution in [0.3, 0.4) is 0 Å². The highest BCUT2D eigenvalue weighted by Crippen LogP contribution is 2.28. The van der Waals surface area contributed by atoms with Crippen molar-refractivity contribution in [2.45, 2.75) is 57.1 Å². The fraction of sp³-hybridized carbons (Fsp3) is 0.519. The Morgan fingerprint density at radius 1 is 1.08 bits per heavy atom. The summed E-state index contributed by atoms with van der Waals surface area (Å²) in [5, 5.41) is 24.6. The molecule has 1 atom stereocenters. The van der Waals surface area contributed by atoms with Gasteiger partial charge in [0.1, 0.15) is 5.75 Å². The number of carbonyl (C=O) groups excluding carboxylic acids is 1. The van der Waals surface area contributed by atoms with Gasteiger partial charge in [0.25, 0.3) is 0 Å². The van der Waals surface area contributed by atoms with Gasteiger partial charge in [-0.3, -0.25) is 15.0 Å². The van der Waals surface area contributed by atoms with Crippen LogP contribution in [0.1, 0.15) is 38.7 Å². The third kappa shape index (κ3) is 8.02. The van der Waals surface area contributed by atoms with Crippen LogP contribution >= 0.6 is 23.1 Å². The molecule has 0 unspecified atom stereocenters. The maximum absolute atomic E-state index is 12.6. The van der Waals surface area contributed by atoms with Crippen LogP contribution in [-0.4, -0.2) is 80.5 Å². The van der Waals surface area contributed by atoms with Crippen molar-refractivity contribution in [3.8, 4) is 5.75 Å². The number of piperidine rings is 1. The quantitative estimate of drug-likeness (QED) is 0.350. The average Bonchev–Trinajstić information content (AvgIpc) is 3.59. The third-order valence-electron chi connectivity index (χ3n) is 6.78. The summed E-state index contributed by atoms with van der Waals surface area (Å²) in [6.07, 6.45) is 4.97. The first-order valence-corrected chi connectivity index (χ1v) is 15.4. The number of amides is 1. The van der Waals surface area contributed by atoms with E-state index in [2.05, 4.69) is 72.9 Å². The minimum Gasteiger partial charge on any atom is -0.491 e. The summed E-state index contributed by atoms with van der Waals surface area (Å²) in [4.78, 5) is 17.3. The van der Waals surface area contributed by atoms with E-state index in [4.69, 9.17) is 4.74 Å². The molecule has 2 N–H and O–H groups in total. The molecule has 3 aromatic rings. The van der Waals surface area contributed by atoms with E-state index in [1.807, 2.05) is 18.2 Å². The molecule has 0 spiro atoms. The zero-order valence-electron chi connectivity index (χ0n) is 22.5. The van der Waals surface area contributed by atoms with Gasteiger partial charge in [0.05, 0.1) is 11.9 Å². The number of thioether (sulfide) groups is 1. The van der Waals surface area contributed by atoms with Crippen molar-refractivity contribution >= 4 is 45.1 Å². The van der Waals surface area contributed by atoms with Gasteiger partial charge in [-0.15, -0.1) is 27.1 Å². The monoisotopic (exact) mass is 568 g/mol. The molecule has 1 amide bonds. The van der Waals surface area contributed by atoms with Crippen LogP contribution in [-0.2, 0) is 11.3 Å². The molecule has 2 aromatic heterocycles. The SMILES string of the molecule is CC(C)Oc1ccccc1CN1CCC(SCC(=O)Nc2nnc(N[C@@H]3CCN(c4cccnn4)C3)s2)CC1. The lowest BCUT2D eigenvalue weighted by atomic mass is 10.1. The Morgan fingerprint density at radius 2 is 1.90 bits per heavy atom. The van der Waals surface area contributed by atoms with Crippen molar-refractivity contribution in [2.75, 3.05) is 47.5 Å². The summed E-state index contributed by atoms with van der Waals surface area (Å²) in [5.74, 6) is 2.26. The van der Waals surface area contributed by atoms with E-state index in [-0.39, 0.29) is 18.1 Å². The Bertz CT molecular complexity index is 1200. The number of benzene rings is 1. The standard InChI is InChI=1S/C27H36N8O2S2/c1-19(2)37-23-7-4-3-6-20(23)16-34-13-10-22(11-14-34)38-18-25(36)30-27-33-32-26(39-27)29-21-9-15-35(17-21)24-8-5-12-28-31-24/h3-8,12,19,21-22H,9-11,13-18H2,1-2H3,(H,29,32)(H,30,33,36)/t21-/m1/s1. The molecular formula is C27H36N8O2S2. The number of rotatable bonds is 11. The number of hydrogen-bond acceptors (Lipinski definition) is 11. The maximum Gasteiger partial charge on any atom is 0.236 e. The normalized spacial score (nSPS) is 18.4. The maximum atomic E-state index is 12.6. The van der Waals surface area contributed by atoms with E-state index in [9.17, 15) is 4.79 Å². The van der Waals surface area contributed by atoms with Gasteiger partial charge in [0, 0.05) is 42.7 Å². The molecule has 12 heteroatoms. The Kier molecular flexibility index (Phi) is 9.49. The van der Waals surface area contributed by atoms with Gasteiger partial charge >= 0.3 is 0 Å². The lowest BCUT2D eigenvalue weighted by Gasteiger charge is -2.32. The van der Waals surface area contributed by atoms with Gasteiger partial charge in [-0.2, -0.15) is 5.10 Å². The average molecular weight is 569 g/mol. The van der Waals surface area contributed by atoms with Crippen LogP contribution < -0.4 is 20.3 Å². The van der Waals surface area contributed by atoms with Crippen LogP contribution in [0, 0.1) is 0 Å². The van der Waals surface area contributed by atoms with Crippen LogP contribution in [0.15, 0.2) is 42.6 Å². The van der Waals surface area contributed by atoms with Crippen molar-refractivity contribution in [1.29, 1.82) is 0 Å². The summed E-state index contributed by atoms with van der Waals surface area (Å²) < 4.78 is 5.98. The molecule has 39 heavy (non-hydrogen) atoms. The van der Waals surface area contributed by atoms with Crippen LogP contribution in [0.25, 0.3) is 0 Å². The molecule has 0 radical (unpaired) electrons. The molecule has 2 fully saturated rings. The number of nitrogens with zero attached hydrogens (tertiary/aromatic N) is 6. The minimum absolute atomic E-state index is 0.0282. The van der Waals surface area contributed by atoms with Crippen molar-refractivity contribution in [2.24, 2.45) is 0 Å².